The van der Waals surface area contributed by atoms with E-state index in [1.807, 2.05) is 13.8 Å². The van der Waals surface area contributed by atoms with Gasteiger partial charge in [-0.05, 0) is 24.1 Å². The highest BCUT2D eigenvalue weighted by Gasteiger charge is 2.10. The molecule has 3 N–H and O–H groups in total. The van der Waals surface area contributed by atoms with Crippen molar-refractivity contribution in [1.29, 1.82) is 0 Å². The molecule has 1 aromatic carbocycles. The monoisotopic (exact) mass is 262 g/mol. The van der Waals surface area contributed by atoms with Gasteiger partial charge in [-0.1, -0.05) is 25.4 Å². The van der Waals surface area contributed by atoms with E-state index in [1.165, 1.54) is 0 Å². The van der Waals surface area contributed by atoms with Crippen molar-refractivity contribution in [2.24, 2.45) is 5.92 Å². The number of nitrogen functional groups attached to an aromatic ring is 1. The summed E-state index contributed by atoms with van der Waals surface area (Å²) in [6.45, 7) is 4.70. The van der Waals surface area contributed by atoms with Crippen molar-refractivity contribution < 1.29 is 4.79 Å². The number of halogens is 2. The lowest BCUT2D eigenvalue weighted by molar-refractivity contribution is 0.0949. The maximum atomic E-state index is 11.6. The van der Waals surface area contributed by atoms with Crippen LogP contribution < -0.4 is 11.1 Å². The van der Waals surface area contributed by atoms with Crippen molar-refractivity contribution >= 4 is 35.6 Å². The molecule has 0 aliphatic carbocycles. The van der Waals surface area contributed by atoms with Crippen LogP contribution in [0.3, 0.4) is 0 Å². The second kappa shape index (κ2) is 6.61. The minimum atomic E-state index is -0.159. The number of hydrogen-bond donors (Lipinski definition) is 2. The molecule has 1 amide bonds. The Labute approximate surface area is 107 Å². The number of amides is 1. The Hall–Kier alpha value is -0.930. The first-order chi connectivity index (χ1) is 7.00. The molecule has 5 heteroatoms. The molecule has 3 nitrogen and oxygen atoms in total. The number of carbonyl (C=O) groups excluding carboxylic acids is 1. The van der Waals surface area contributed by atoms with Crippen LogP contribution in [0.5, 0.6) is 0 Å². The molecule has 16 heavy (non-hydrogen) atoms. The molecule has 90 valence electrons. The van der Waals surface area contributed by atoms with Gasteiger partial charge in [0.15, 0.2) is 0 Å². The lowest BCUT2D eigenvalue weighted by atomic mass is 10.1. The molecule has 1 rings (SSSR count). The highest BCUT2D eigenvalue weighted by Crippen LogP contribution is 2.18. The molecule has 0 atom stereocenters. The summed E-state index contributed by atoms with van der Waals surface area (Å²) in [4.78, 5) is 11.6. The summed E-state index contributed by atoms with van der Waals surface area (Å²) in [7, 11) is 0. The lowest BCUT2D eigenvalue weighted by Gasteiger charge is -2.08. The number of rotatable bonds is 3. The van der Waals surface area contributed by atoms with Crippen LogP contribution in [0.2, 0.25) is 5.02 Å². The molecule has 0 fully saturated rings. The highest BCUT2D eigenvalue weighted by atomic mass is 35.5. The first-order valence-electron chi connectivity index (χ1n) is 4.84. The Bertz CT molecular complexity index is 367. The molecule has 0 unspecified atom stereocenters. The molecule has 0 bridgehead atoms. The maximum Gasteiger partial charge on any atom is 0.252 e. The predicted octanol–water partition coefficient (Wildman–Crippen LogP) is 2.73. The van der Waals surface area contributed by atoms with Crippen molar-refractivity contribution in [3.8, 4) is 0 Å². The fraction of sp³-hybridized carbons (Fsp3) is 0.364. The fourth-order valence-corrected chi connectivity index (χ4v) is 1.38. The minimum absolute atomic E-state index is 0. The summed E-state index contributed by atoms with van der Waals surface area (Å²) < 4.78 is 0. The standard InChI is InChI=1S/C11H15ClN2O.ClH/c1-7(2)6-14-11(15)9-4-3-8(13)5-10(9)12;/h3-5,7H,6,13H2,1-2H3,(H,14,15);1H. The van der Waals surface area contributed by atoms with E-state index in [4.69, 9.17) is 17.3 Å². The van der Waals surface area contributed by atoms with E-state index >= 15 is 0 Å². The zero-order valence-corrected chi connectivity index (χ0v) is 10.9. The van der Waals surface area contributed by atoms with Crippen LogP contribution in [0.4, 0.5) is 5.69 Å². The van der Waals surface area contributed by atoms with Crippen LogP contribution in [-0.2, 0) is 0 Å². The minimum Gasteiger partial charge on any atom is -0.399 e. The van der Waals surface area contributed by atoms with Crippen molar-refractivity contribution in [1.82, 2.24) is 5.32 Å². The van der Waals surface area contributed by atoms with E-state index in [9.17, 15) is 4.79 Å². The van der Waals surface area contributed by atoms with Crippen LogP contribution in [0.15, 0.2) is 18.2 Å². The summed E-state index contributed by atoms with van der Waals surface area (Å²) in [5.74, 6) is 0.259. The molecule has 0 saturated carbocycles. The number of nitrogens with one attached hydrogen (secondary N) is 1. The van der Waals surface area contributed by atoms with E-state index in [2.05, 4.69) is 5.32 Å². The van der Waals surface area contributed by atoms with E-state index in [1.54, 1.807) is 18.2 Å². The Balaban J connectivity index is 0.00000225. The van der Waals surface area contributed by atoms with E-state index in [-0.39, 0.29) is 18.3 Å². The molecular weight excluding hydrogens is 247 g/mol. The number of benzene rings is 1. The van der Waals surface area contributed by atoms with Crippen LogP contribution in [0, 0.1) is 5.92 Å². The largest absolute Gasteiger partial charge is 0.399 e. The van der Waals surface area contributed by atoms with E-state index in [0.717, 1.165) is 0 Å². The zero-order chi connectivity index (χ0) is 11.4. The summed E-state index contributed by atoms with van der Waals surface area (Å²) in [5.41, 5.74) is 6.55. The van der Waals surface area contributed by atoms with Crippen LogP contribution in [0.25, 0.3) is 0 Å². The second-order valence-corrected chi connectivity index (χ2v) is 4.25. The van der Waals surface area contributed by atoms with Crippen molar-refractivity contribution in [3.05, 3.63) is 28.8 Å². The van der Waals surface area contributed by atoms with Gasteiger partial charge in [0, 0.05) is 12.2 Å². The summed E-state index contributed by atoms with van der Waals surface area (Å²) in [6.07, 6.45) is 0. The van der Waals surface area contributed by atoms with Crippen molar-refractivity contribution in [2.75, 3.05) is 12.3 Å². The van der Waals surface area contributed by atoms with Crippen LogP contribution in [-0.4, -0.2) is 12.5 Å². The number of nitrogens with two attached hydrogens (primary N) is 1. The predicted molar refractivity (Wildman–Crippen MR) is 70.3 cm³/mol. The number of anilines is 1. The Morgan fingerprint density at radius 1 is 1.50 bits per heavy atom. The van der Waals surface area contributed by atoms with Gasteiger partial charge in [0.25, 0.3) is 5.91 Å². The van der Waals surface area contributed by atoms with Gasteiger partial charge in [-0.3, -0.25) is 4.79 Å². The lowest BCUT2D eigenvalue weighted by Crippen LogP contribution is -2.27. The first kappa shape index (κ1) is 15.1. The summed E-state index contributed by atoms with van der Waals surface area (Å²) >= 11 is 5.90. The van der Waals surface area contributed by atoms with Crippen molar-refractivity contribution in [3.63, 3.8) is 0 Å². The number of carbonyl (C=O) groups is 1. The Morgan fingerprint density at radius 2 is 2.12 bits per heavy atom. The average molecular weight is 263 g/mol. The molecule has 0 saturated heterocycles. The SMILES string of the molecule is CC(C)CNC(=O)c1ccc(N)cc1Cl.Cl. The topological polar surface area (TPSA) is 55.1 Å². The van der Waals surface area contributed by atoms with Gasteiger partial charge in [-0.15, -0.1) is 12.4 Å². The Kier molecular flexibility index (Phi) is 6.22. The first-order valence-corrected chi connectivity index (χ1v) is 5.21. The third-order valence-electron chi connectivity index (χ3n) is 1.91. The van der Waals surface area contributed by atoms with E-state index in [0.29, 0.717) is 28.7 Å². The average Bonchev–Trinajstić information content (AvgIpc) is 2.14. The normalized spacial score (nSPS) is 9.75. The van der Waals surface area contributed by atoms with Gasteiger partial charge in [0.1, 0.15) is 0 Å². The van der Waals surface area contributed by atoms with Crippen LogP contribution in [0.1, 0.15) is 24.2 Å². The third-order valence-corrected chi connectivity index (χ3v) is 2.22. The van der Waals surface area contributed by atoms with Gasteiger partial charge in [0.05, 0.1) is 10.6 Å². The highest BCUT2D eigenvalue weighted by molar-refractivity contribution is 6.34. The zero-order valence-electron chi connectivity index (χ0n) is 9.29. The quantitative estimate of drug-likeness (QED) is 0.824. The maximum absolute atomic E-state index is 11.6. The second-order valence-electron chi connectivity index (χ2n) is 3.84. The van der Waals surface area contributed by atoms with Gasteiger partial charge in [0.2, 0.25) is 0 Å². The van der Waals surface area contributed by atoms with Gasteiger partial charge in [-0.2, -0.15) is 0 Å². The molecule has 0 heterocycles. The Morgan fingerprint density at radius 3 is 2.62 bits per heavy atom. The molecule has 0 aliphatic rings. The summed E-state index contributed by atoms with van der Waals surface area (Å²) in [6, 6.07) is 4.87. The molecule has 0 radical (unpaired) electrons. The molecule has 1 aromatic rings. The number of hydrogen-bond acceptors (Lipinski definition) is 2. The summed E-state index contributed by atoms with van der Waals surface area (Å²) in [5, 5.41) is 3.18. The molecule has 0 aromatic heterocycles. The van der Waals surface area contributed by atoms with E-state index < -0.39 is 0 Å². The van der Waals surface area contributed by atoms with Gasteiger partial charge >= 0.3 is 0 Å². The van der Waals surface area contributed by atoms with Gasteiger partial charge < -0.3 is 11.1 Å². The molecule has 0 spiro atoms. The van der Waals surface area contributed by atoms with Gasteiger partial charge in [-0.25, -0.2) is 0 Å². The fourth-order valence-electron chi connectivity index (χ4n) is 1.11. The smallest absolute Gasteiger partial charge is 0.252 e. The van der Waals surface area contributed by atoms with Crippen LogP contribution >= 0.6 is 24.0 Å². The third kappa shape index (κ3) is 4.29. The van der Waals surface area contributed by atoms with Crippen molar-refractivity contribution in [2.45, 2.75) is 13.8 Å². The molecule has 0 aliphatic heterocycles. The molecular formula is C11H16Cl2N2O.